The number of nitrogens with one attached hydrogen (secondary N) is 2. The van der Waals surface area contributed by atoms with Crippen LogP contribution < -0.4 is 10.9 Å². The van der Waals surface area contributed by atoms with Gasteiger partial charge in [0.25, 0.3) is 5.56 Å². The summed E-state index contributed by atoms with van der Waals surface area (Å²) >= 11 is 0. The lowest BCUT2D eigenvalue weighted by atomic mass is 9.97. The maximum atomic E-state index is 12.3. The molecule has 3 aromatic rings. The first-order valence-electron chi connectivity index (χ1n) is 8.16. The molecule has 0 spiro atoms. The quantitative estimate of drug-likeness (QED) is 0.776. The Hall–Kier alpha value is -2.89. The molecule has 1 amide bonds. The fourth-order valence-electron chi connectivity index (χ4n) is 3.23. The normalized spacial score (nSPS) is 13.7. The molecule has 24 heavy (non-hydrogen) atoms. The minimum atomic E-state index is -0.256. The van der Waals surface area contributed by atoms with Gasteiger partial charge in [-0.05, 0) is 49.4 Å². The standard InChI is InChI=1S/C18H18N4O2/c23-17(20-16-7-3-6-15-13(16)8-9-19-15)11-22-18(24)10-12-4-1-2-5-14(12)21-22/h3,6-10,19H,1-2,4-5,11H2,(H,20,23). The van der Waals surface area contributed by atoms with Crippen molar-refractivity contribution in [2.75, 3.05) is 5.32 Å². The first kappa shape index (κ1) is 14.7. The average molecular weight is 322 g/mol. The third kappa shape index (κ3) is 2.71. The largest absolute Gasteiger partial charge is 0.361 e. The van der Waals surface area contributed by atoms with E-state index in [1.807, 2.05) is 30.5 Å². The molecule has 1 aromatic carbocycles. The van der Waals surface area contributed by atoms with E-state index in [0.717, 1.165) is 53.5 Å². The molecule has 0 saturated carbocycles. The highest BCUT2D eigenvalue weighted by molar-refractivity contribution is 6.01. The molecule has 4 rings (SSSR count). The molecule has 0 aliphatic heterocycles. The van der Waals surface area contributed by atoms with Crippen LogP contribution in [0, 0.1) is 0 Å². The molecular formula is C18H18N4O2. The van der Waals surface area contributed by atoms with Crippen molar-refractivity contribution < 1.29 is 4.79 Å². The summed E-state index contributed by atoms with van der Waals surface area (Å²) in [6.45, 7) is -0.0765. The zero-order valence-corrected chi connectivity index (χ0v) is 13.2. The van der Waals surface area contributed by atoms with Gasteiger partial charge >= 0.3 is 0 Å². The maximum absolute atomic E-state index is 12.3. The Morgan fingerprint density at radius 3 is 3.04 bits per heavy atom. The molecule has 1 aliphatic rings. The summed E-state index contributed by atoms with van der Waals surface area (Å²) < 4.78 is 1.26. The third-order valence-corrected chi connectivity index (χ3v) is 4.44. The van der Waals surface area contributed by atoms with Crippen LogP contribution in [0.2, 0.25) is 0 Å². The van der Waals surface area contributed by atoms with Gasteiger partial charge in [0.05, 0.1) is 11.4 Å². The van der Waals surface area contributed by atoms with Crippen molar-refractivity contribution in [1.29, 1.82) is 0 Å². The second-order valence-electron chi connectivity index (χ2n) is 6.11. The number of anilines is 1. The number of carbonyl (C=O) groups excluding carboxylic acids is 1. The van der Waals surface area contributed by atoms with Crippen LogP contribution in [0.25, 0.3) is 10.9 Å². The Balaban J connectivity index is 1.56. The number of rotatable bonds is 3. The van der Waals surface area contributed by atoms with E-state index in [1.54, 1.807) is 6.07 Å². The topological polar surface area (TPSA) is 79.8 Å². The molecule has 2 aromatic heterocycles. The van der Waals surface area contributed by atoms with E-state index in [1.165, 1.54) is 4.68 Å². The smallest absolute Gasteiger partial charge is 0.267 e. The van der Waals surface area contributed by atoms with Gasteiger partial charge in [-0.1, -0.05) is 6.07 Å². The number of aryl methyl sites for hydroxylation is 2. The van der Waals surface area contributed by atoms with Gasteiger partial charge in [0, 0.05) is 23.2 Å². The van der Waals surface area contributed by atoms with Crippen molar-refractivity contribution >= 4 is 22.5 Å². The zero-order chi connectivity index (χ0) is 16.5. The number of benzene rings is 1. The third-order valence-electron chi connectivity index (χ3n) is 4.44. The lowest BCUT2D eigenvalue weighted by Crippen LogP contribution is -2.31. The predicted molar refractivity (Wildman–Crippen MR) is 92.1 cm³/mol. The van der Waals surface area contributed by atoms with Crippen LogP contribution in [-0.4, -0.2) is 20.7 Å². The molecule has 0 bridgehead atoms. The van der Waals surface area contributed by atoms with Crippen molar-refractivity contribution in [1.82, 2.24) is 14.8 Å². The first-order valence-corrected chi connectivity index (χ1v) is 8.16. The number of fused-ring (bicyclic) bond motifs is 2. The van der Waals surface area contributed by atoms with Crippen LogP contribution in [0.1, 0.15) is 24.1 Å². The van der Waals surface area contributed by atoms with E-state index >= 15 is 0 Å². The Kier molecular flexibility index (Phi) is 3.65. The van der Waals surface area contributed by atoms with Gasteiger partial charge in [-0.3, -0.25) is 9.59 Å². The molecule has 122 valence electrons. The number of carbonyl (C=O) groups is 1. The van der Waals surface area contributed by atoms with Crippen LogP contribution in [0.4, 0.5) is 5.69 Å². The van der Waals surface area contributed by atoms with Gasteiger partial charge in [-0.25, -0.2) is 4.68 Å². The van der Waals surface area contributed by atoms with Gasteiger partial charge in [0.15, 0.2) is 0 Å². The summed E-state index contributed by atoms with van der Waals surface area (Å²) in [5.74, 6) is -0.256. The van der Waals surface area contributed by atoms with Crippen LogP contribution in [0.15, 0.2) is 41.3 Å². The minimum absolute atomic E-state index is 0.0765. The number of aromatic amines is 1. The number of aromatic nitrogens is 3. The van der Waals surface area contributed by atoms with Gasteiger partial charge < -0.3 is 10.3 Å². The summed E-state index contributed by atoms with van der Waals surface area (Å²) in [7, 11) is 0. The maximum Gasteiger partial charge on any atom is 0.267 e. The lowest BCUT2D eigenvalue weighted by molar-refractivity contribution is -0.117. The first-order chi connectivity index (χ1) is 11.7. The molecule has 1 aliphatic carbocycles. The van der Waals surface area contributed by atoms with Gasteiger partial charge in [0.1, 0.15) is 6.54 Å². The molecule has 2 N–H and O–H groups in total. The number of H-pyrrole nitrogens is 1. The highest BCUT2D eigenvalue weighted by Gasteiger charge is 2.15. The molecule has 2 heterocycles. The Bertz CT molecular complexity index is 971. The van der Waals surface area contributed by atoms with Crippen LogP contribution >= 0.6 is 0 Å². The monoisotopic (exact) mass is 322 g/mol. The Morgan fingerprint density at radius 1 is 1.25 bits per heavy atom. The molecule has 6 heteroatoms. The molecule has 0 unspecified atom stereocenters. The van der Waals surface area contributed by atoms with E-state index in [4.69, 9.17) is 0 Å². The predicted octanol–water partition coefficient (Wildman–Crippen LogP) is 2.24. The fourth-order valence-corrected chi connectivity index (χ4v) is 3.23. The Labute approximate surface area is 138 Å². The molecule has 0 fully saturated rings. The van der Waals surface area contributed by atoms with Gasteiger partial charge in [-0.2, -0.15) is 5.10 Å². The van der Waals surface area contributed by atoms with Crippen molar-refractivity contribution in [3.8, 4) is 0 Å². The highest BCUT2D eigenvalue weighted by Crippen LogP contribution is 2.22. The second-order valence-corrected chi connectivity index (χ2v) is 6.11. The summed E-state index contributed by atoms with van der Waals surface area (Å²) in [5, 5.41) is 8.19. The van der Waals surface area contributed by atoms with E-state index in [2.05, 4.69) is 15.4 Å². The number of amides is 1. The van der Waals surface area contributed by atoms with E-state index < -0.39 is 0 Å². The summed E-state index contributed by atoms with van der Waals surface area (Å²) in [6.07, 6.45) is 5.79. The van der Waals surface area contributed by atoms with Crippen LogP contribution in [0.5, 0.6) is 0 Å². The Morgan fingerprint density at radius 2 is 2.12 bits per heavy atom. The summed E-state index contributed by atoms with van der Waals surface area (Å²) in [4.78, 5) is 27.6. The van der Waals surface area contributed by atoms with E-state index in [9.17, 15) is 9.59 Å². The van der Waals surface area contributed by atoms with Crippen LogP contribution in [-0.2, 0) is 24.2 Å². The van der Waals surface area contributed by atoms with Crippen molar-refractivity contribution in [3.63, 3.8) is 0 Å². The van der Waals surface area contributed by atoms with E-state index in [-0.39, 0.29) is 18.0 Å². The van der Waals surface area contributed by atoms with Crippen LogP contribution in [0.3, 0.4) is 0 Å². The minimum Gasteiger partial charge on any atom is -0.361 e. The lowest BCUT2D eigenvalue weighted by Gasteiger charge is -2.15. The average Bonchev–Trinajstić information content (AvgIpc) is 3.05. The van der Waals surface area contributed by atoms with Crippen molar-refractivity contribution in [3.05, 3.63) is 58.1 Å². The van der Waals surface area contributed by atoms with Crippen molar-refractivity contribution in [2.24, 2.45) is 0 Å². The van der Waals surface area contributed by atoms with Gasteiger partial charge in [-0.15, -0.1) is 0 Å². The second kappa shape index (κ2) is 5.96. The fraction of sp³-hybridized carbons (Fsp3) is 0.278. The highest BCUT2D eigenvalue weighted by atomic mass is 16.2. The number of hydrogen-bond acceptors (Lipinski definition) is 3. The summed E-state index contributed by atoms with van der Waals surface area (Å²) in [5.41, 5.74) is 3.44. The van der Waals surface area contributed by atoms with Gasteiger partial charge in [0.2, 0.25) is 5.91 Å². The molecule has 0 atom stereocenters. The number of hydrogen-bond donors (Lipinski definition) is 2. The molecule has 6 nitrogen and oxygen atoms in total. The zero-order valence-electron chi connectivity index (χ0n) is 13.2. The van der Waals surface area contributed by atoms with Crippen molar-refractivity contribution in [2.45, 2.75) is 32.2 Å². The molecule has 0 saturated heterocycles. The molecule has 0 radical (unpaired) electrons. The SMILES string of the molecule is O=C(Cn1nc2c(cc1=O)CCCC2)Nc1cccc2[nH]ccc12. The van der Waals surface area contributed by atoms with E-state index in [0.29, 0.717) is 0 Å². The molecular weight excluding hydrogens is 304 g/mol. The number of nitrogens with zero attached hydrogens (tertiary/aromatic N) is 2. The summed E-state index contributed by atoms with van der Waals surface area (Å²) in [6, 6.07) is 9.20.